The Labute approximate surface area is 147 Å². The molecule has 0 radical (unpaired) electrons. The SMILES string of the molecule is Cc1nc2nc3ccn(CCO)c(=O)c3c(-c3ccc(Cl)cc3)n2n1. The molecule has 0 bridgehead atoms. The number of benzene rings is 1. The zero-order valence-electron chi connectivity index (χ0n) is 13.3. The summed E-state index contributed by atoms with van der Waals surface area (Å²) < 4.78 is 3.03. The first-order valence-corrected chi connectivity index (χ1v) is 8.09. The molecule has 0 saturated carbocycles. The van der Waals surface area contributed by atoms with Crippen molar-refractivity contribution in [2.24, 2.45) is 0 Å². The van der Waals surface area contributed by atoms with E-state index in [4.69, 9.17) is 11.6 Å². The van der Waals surface area contributed by atoms with Crippen molar-refractivity contribution in [1.82, 2.24) is 24.1 Å². The highest BCUT2D eigenvalue weighted by Crippen LogP contribution is 2.27. The number of aromatic nitrogens is 5. The molecule has 1 N–H and O–H groups in total. The molecule has 4 rings (SSSR count). The van der Waals surface area contributed by atoms with E-state index in [1.807, 2.05) is 12.1 Å². The first-order valence-electron chi connectivity index (χ1n) is 7.72. The van der Waals surface area contributed by atoms with Gasteiger partial charge >= 0.3 is 0 Å². The Morgan fingerprint density at radius 1 is 1.16 bits per heavy atom. The molecular formula is C17H14ClN5O2. The largest absolute Gasteiger partial charge is 0.395 e. The molecule has 25 heavy (non-hydrogen) atoms. The molecule has 0 amide bonds. The molecule has 0 aliphatic rings. The third kappa shape index (κ3) is 2.57. The van der Waals surface area contributed by atoms with Gasteiger partial charge in [-0.05, 0) is 25.1 Å². The molecule has 7 nitrogen and oxygen atoms in total. The van der Waals surface area contributed by atoms with Crippen LogP contribution in [0.25, 0.3) is 27.9 Å². The third-order valence-corrected chi connectivity index (χ3v) is 4.22. The average Bonchev–Trinajstić information content (AvgIpc) is 2.96. The number of aliphatic hydroxyl groups excluding tert-OH is 1. The summed E-state index contributed by atoms with van der Waals surface area (Å²) in [6.07, 6.45) is 1.62. The molecule has 3 heterocycles. The quantitative estimate of drug-likeness (QED) is 0.608. The predicted molar refractivity (Wildman–Crippen MR) is 94.8 cm³/mol. The molecule has 0 fully saturated rings. The lowest BCUT2D eigenvalue weighted by atomic mass is 10.1. The monoisotopic (exact) mass is 355 g/mol. The molecule has 0 spiro atoms. The van der Waals surface area contributed by atoms with Gasteiger partial charge in [0.2, 0.25) is 0 Å². The van der Waals surface area contributed by atoms with Crippen molar-refractivity contribution < 1.29 is 5.11 Å². The van der Waals surface area contributed by atoms with Crippen LogP contribution in [-0.4, -0.2) is 35.9 Å². The minimum atomic E-state index is -0.237. The zero-order chi connectivity index (χ0) is 17.6. The highest BCUT2D eigenvalue weighted by molar-refractivity contribution is 6.30. The number of nitrogens with zero attached hydrogens (tertiary/aromatic N) is 5. The molecule has 0 unspecified atom stereocenters. The van der Waals surface area contributed by atoms with Gasteiger partial charge in [0.1, 0.15) is 5.82 Å². The molecule has 4 aromatic rings. The van der Waals surface area contributed by atoms with E-state index < -0.39 is 0 Å². The van der Waals surface area contributed by atoms with E-state index in [1.54, 1.807) is 35.8 Å². The van der Waals surface area contributed by atoms with Gasteiger partial charge in [-0.2, -0.15) is 9.50 Å². The molecular weight excluding hydrogens is 342 g/mol. The second-order valence-electron chi connectivity index (χ2n) is 5.64. The minimum Gasteiger partial charge on any atom is -0.395 e. The van der Waals surface area contributed by atoms with Crippen molar-refractivity contribution in [3.63, 3.8) is 0 Å². The fourth-order valence-corrected chi connectivity index (χ4v) is 3.00. The average molecular weight is 356 g/mol. The molecule has 0 aliphatic heterocycles. The molecule has 0 aliphatic carbocycles. The van der Waals surface area contributed by atoms with E-state index in [0.29, 0.717) is 33.2 Å². The number of pyridine rings is 1. The van der Waals surface area contributed by atoms with Gasteiger partial charge < -0.3 is 9.67 Å². The van der Waals surface area contributed by atoms with E-state index in [2.05, 4.69) is 15.1 Å². The number of halogens is 1. The summed E-state index contributed by atoms with van der Waals surface area (Å²) in [4.78, 5) is 21.7. The number of aryl methyl sites for hydroxylation is 1. The maximum atomic E-state index is 13.0. The minimum absolute atomic E-state index is 0.125. The smallest absolute Gasteiger partial charge is 0.262 e. The van der Waals surface area contributed by atoms with E-state index in [1.165, 1.54) is 4.57 Å². The van der Waals surface area contributed by atoms with E-state index in [9.17, 15) is 9.90 Å². The van der Waals surface area contributed by atoms with Crippen LogP contribution in [0.15, 0.2) is 41.3 Å². The molecule has 8 heteroatoms. The second kappa shape index (κ2) is 5.94. The third-order valence-electron chi connectivity index (χ3n) is 3.97. The van der Waals surface area contributed by atoms with Gasteiger partial charge in [-0.15, -0.1) is 5.10 Å². The first-order chi connectivity index (χ1) is 12.1. The summed E-state index contributed by atoms with van der Waals surface area (Å²) in [7, 11) is 0. The lowest BCUT2D eigenvalue weighted by Crippen LogP contribution is -2.22. The fraction of sp³-hybridized carbons (Fsp3) is 0.176. The Hall–Kier alpha value is -2.77. The highest BCUT2D eigenvalue weighted by atomic mass is 35.5. The maximum Gasteiger partial charge on any atom is 0.262 e. The number of hydrogen-bond donors (Lipinski definition) is 1. The lowest BCUT2D eigenvalue weighted by molar-refractivity contribution is 0.274. The van der Waals surface area contributed by atoms with Crippen molar-refractivity contribution in [3.05, 3.63) is 57.7 Å². The number of fused-ring (bicyclic) bond motifs is 2. The summed E-state index contributed by atoms with van der Waals surface area (Å²) in [6.45, 7) is 1.86. The Kier molecular flexibility index (Phi) is 3.74. The number of aliphatic hydroxyl groups is 1. The number of hydrogen-bond acceptors (Lipinski definition) is 5. The summed E-state index contributed by atoms with van der Waals surface area (Å²) in [5.74, 6) is 0.989. The van der Waals surface area contributed by atoms with Crippen molar-refractivity contribution in [3.8, 4) is 11.3 Å². The lowest BCUT2D eigenvalue weighted by Gasteiger charge is -2.11. The predicted octanol–water partition coefficient (Wildman–Crippen LogP) is 2.06. The van der Waals surface area contributed by atoms with Crippen molar-refractivity contribution >= 4 is 28.3 Å². The van der Waals surface area contributed by atoms with Crippen LogP contribution in [0.2, 0.25) is 5.02 Å². The van der Waals surface area contributed by atoms with Crippen LogP contribution >= 0.6 is 11.6 Å². The summed E-state index contributed by atoms with van der Waals surface area (Å²) in [5.41, 5.74) is 1.68. The van der Waals surface area contributed by atoms with E-state index in [-0.39, 0.29) is 18.7 Å². The van der Waals surface area contributed by atoms with Crippen molar-refractivity contribution in [1.29, 1.82) is 0 Å². The standard InChI is InChI=1S/C17H14ClN5O2/c1-10-19-17-20-13-6-7-22(8-9-24)16(25)14(13)15(23(17)21-10)11-2-4-12(18)5-3-11/h2-7,24H,8-9H2,1H3. The molecule has 3 aromatic heterocycles. The van der Waals surface area contributed by atoms with Crippen molar-refractivity contribution in [2.75, 3.05) is 6.61 Å². The van der Waals surface area contributed by atoms with Crippen LogP contribution in [0.5, 0.6) is 0 Å². The van der Waals surface area contributed by atoms with Gasteiger partial charge in [0.25, 0.3) is 11.3 Å². The van der Waals surface area contributed by atoms with Crippen LogP contribution in [0, 0.1) is 6.92 Å². The van der Waals surface area contributed by atoms with E-state index >= 15 is 0 Å². The van der Waals surface area contributed by atoms with Gasteiger partial charge in [0, 0.05) is 23.3 Å². The highest BCUT2D eigenvalue weighted by Gasteiger charge is 2.17. The summed E-state index contributed by atoms with van der Waals surface area (Å²) >= 11 is 6.00. The Bertz CT molecular complexity index is 1150. The topological polar surface area (TPSA) is 85.3 Å². The van der Waals surface area contributed by atoms with Gasteiger partial charge in [0.15, 0.2) is 0 Å². The van der Waals surface area contributed by atoms with Crippen LogP contribution in [0.4, 0.5) is 0 Å². The van der Waals surface area contributed by atoms with Gasteiger partial charge in [-0.25, -0.2) is 4.98 Å². The fourth-order valence-electron chi connectivity index (χ4n) is 2.88. The first kappa shape index (κ1) is 15.7. The Balaban J connectivity index is 2.18. The maximum absolute atomic E-state index is 13.0. The Morgan fingerprint density at radius 3 is 2.64 bits per heavy atom. The second-order valence-corrected chi connectivity index (χ2v) is 6.07. The van der Waals surface area contributed by atoms with E-state index in [0.717, 1.165) is 5.56 Å². The van der Waals surface area contributed by atoms with Crippen LogP contribution in [0.1, 0.15) is 5.82 Å². The van der Waals surface area contributed by atoms with Gasteiger partial charge in [0.05, 0.1) is 23.2 Å². The van der Waals surface area contributed by atoms with Gasteiger partial charge in [-0.3, -0.25) is 4.79 Å². The Morgan fingerprint density at radius 2 is 1.92 bits per heavy atom. The molecule has 0 saturated heterocycles. The molecule has 126 valence electrons. The van der Waals surface area contributed by atoms with Crippen LogP contribution in [0.3, 0.4) is 0 Å². The van der Waals surface area contributed by atoms with Crippen LogP contribution in [-0.2, 0) is 6.54 Å². The number of rotatable bonds is 3. The van der Waals surface area contributed by atoms with Gasteiger partial charge in [-0.1, -0.05) is 23.7 Å². The zero-order valence-corrected chi connectivity index (χ0v) is 14.1. The molecule has 1 aromatic carbocycles. The summed E-state index contributed by atoms with van der Waals surface area (Å²) in [6, 6.07) is 8.92. The summed E-state index contributed by atoms with van der Waals surface area (Å²) in [5, 5.41) is 14.6. The van der Waals surface area contributed by atoms with Crippen LogP contribution < -0.4 is 5.56 Å². The normalized spacial score (nSPS) is 11.5. The van der Waals surface area contributed by atoms with Crippen molar-refractivity contribution in [2.45, 2.75) is 13.5 Å². The molecule has 0 atom stereocenters.